The number of benzene rings is 2. The molecule has 1 aromatic heterocycles. The van der Waals surface area contributed by atoms with Gasteiger partial charge in [-0.2, -0.15) is 11.3 Å². The van der Waals surface area contributed by atoms with Gasteiger partial charge >= 0.3 is 5.97 Å². The fourth-order valence-corrected chi connectivity index (χ4v) is 3.57. The molecule has 0 N–H and O–H groups in total. The van der Waals surface area contributed by atoms with Gasteiger partial charge in [-0.05, 0) is 63.3 Å². The highest BCUT2D eigenvalue weighted by atomic mass is 32.1. The number of carbonyl (C=O) groups excluding carboxylic acids is 2. The smallest absolute Gasteiger partial charge is 0.306 e. The molecule has 0 bridgehead atoms. The van der Waals surface area contributed by atoms with Crippen LogP contribution in [0.5, 0.6) is 5.75 Å². The first-order valence-corrected chi connectivity index (χ1v) is 9.97. The summed E-state index contributed by atoms with van der Waals surface area (Å²) < 4.78 is 10.4. The van der Waals surface area contributed by atoms with Crippen LogP contribution in [0.4, 0.5) is 0 Å². The lowest BCUT2D eigenvalue weighted by atomic mass is 10.1. The van der Waals surface area contributed by atoms with Crippen LogP contribution in [-0.4, -0.2) is 37.5 Å². The minimum atomic E-state index is -0.354. The molecule has 0 atom stereocenters. The number of nitrogens with zero attached hydrogens (tertiary/aromatic N) is 1. The number of hydrogen-bond donors (Lipinski definition) is 0. The normalized spacial score (nSPS) is 10.6. The van der Waals surface area contributed by atoms with Gasteiger partial charge in [-0.3, -0.25) is 9.59 Å². The van der Waals surface area contributed by atoms with Crippen molar-refractivity contribution in [1.29, 1.82) is 0 Å². The Balaban J connectivity index is 1.49. The van der Waals surface area contributed by atoms with Gasteiger partial charge in [0.25, 0.3) is 5.91 Å². The Bertz CT molecular complexity index is 952. The molecule has 0 aliphatic rings. The average molecular weight is 397 g/mol. The molecular formula is C22H23NO4S. The van der Waals surface area contributed by atoms with Crippen molar-refractivity contribution in [1.82, 2.24) is 4.90 Å². The van der Waals surface area contributed by atoms with Crippen LogP contribution in [0.15, 0.2) is 53.2 Å². The highest BCUT2D eigenvalue weighted by molar-refractivity contribution is 7.07. The lowest BCUT2D eigenvalue weighted by Gasteiger charge is -2.17. The maximum atomic E-state index is 12.3. The molecule has 0 aliphatic heterocycles. The minimum absolute atomic E-state index is 0.223. The Morgan fingerprint density at radius 1 is 1.04 bits per heavy atom. The number of thiophene rings is 1. The van der Waals surface area contributed by atoms with Gasteiger partial charge in [0.1, 0.15) is 5.75 Å². The fraction of sp³-hybridized carbons (Fsp3) is 0.273. The average Bonchev–Trinajstić information content (AvgIpc) is 3.23. The second-order valence-electron chi connectivity index (χ2n) is 6.59. The fourth-order valence-electron chi connectivity index (χ4n) is 2.87. The van der Waals surface area contributed by atoms with Crippen LogP contribution in [0.3, 0.4) is 0 Å². The van der Waals surface area contributed by atoms with Gasteiger partial charge in [-0.1, -0.05) is 18.2 Å². The molecule has 3 rings (SSSR count). The van der Waals surface area contributed by atoms with Gasteiger partial charge in [-0.25, -0.2) is 0 Å². The molecule has 5 nitrogen and oxygen atoms in total. The van der Waals surface area contributed by atoms with Crippen molar-refractivity contribution in [3.63, 3.8) is 0 Å². The number of esters is 1. The molecule has 0 saturated heterocycles. The topological polar surface area (TPSA) is 55.8 Å². The first-order valence-electron chi connectivity index (χ1n) is 9.02. The summed E-state index contributed by atoms with van der Waals surface area (Å²) in [7, 11) is 3.35. The molecule has 0 radical (unpaired) electrons. The largest absolute Gasteiger partial charge is 0.497 e. The van der Waals surface area contributed by atoms with Crippen LogP contribution < -0.4 is 4.74 Å². The number of likely N-dealkylation sites (N-methyl/N-ethyl adjacent to an activating group) is 1. The number of amides is 1. The SMILES string of the molecule is COc1ccc2cc(CN(C)C(=O)COC(=O)CCc3ccsc3)ccc2c1. The van der Waals surface area contributed by atoms with Gasteiger partial charge in [0.05, 0.1) is 7.11 Å². The summed E-state index contributed by atoms with van der Waals surface area (Å²) in [6.45, 7) is 0.219. The van der Waals surface area contributed by atoms with E-state index in [2.05, 4.69) is 0 Å². The van der Waals surface area contributed by atoms with E-state index in [9.17, 15) is 9.59 Å². The molecule has 1 amide bonds. The number of methoxy groups -OCH3 is 1. The molecule has 3 aromatic rings. The van der Waals surface area contributed by atoms with Gasteiger partial charge < -0.3 is 14.4 Å². The Morgan fingerprint density at radius 2 is 1.82 bits per heavy atom. The summed E-state index contributed by atoms with van der Waals surface area (Å²) in [6, 6.07) is 13.9. The number of rotatable bonds is 8. The van der Waals surface area contributed by atoms with Gasteiger partial charge in [0.15, 0.2) is 6.61 Å². The quantitative estimate of drug-likeness (QED) is 0.538. The number of aryl methyl sites for hydroxylation is 1. The summed E-state index contributed by atoms with van der Waals surface area (Å²) in [5.74, 6) is 0.236. The second kappa shape index (κ2) is 9.37. The van der Waals surface area contributed by atoms with Crippen molar-refractivity contribution in [3.05, 3.63) is 64.4 Å². The van der Waals surface area contributed by atoms with Crippen molar-refractivity contribution in [2.24, 2.45) is 0 Å². The second-order valence-corrected chi connectivity index (χ2v) is 7.37. The predicted octanol–water partition coefficient (Wildman–Crippen LogP) is 4.04. The number of hydrogen-bond acceptors (Lipinski definition) is 5. The van der Waals surface area contributed by atoms with Crippen LogP contribution in [0.2, 0.25) is 0 Å². The highest BCUT2D eigenvalue weighted by Crippen LogP contribution is 2.22. The van der Waals surface area contributed by atoms with Gasteiger partial charge in [0.2, 0.25) is 0 Å². The Hall–Kier alpha value is -2.86. The first-order chi connectivity index (χ1) is 13.5. The first kappa shape index (κ1) is 19.9. The Morgan fingerprint density at radius 3 is 2.57 bits per heavy atom. The Kier molecular flexibility index (Phi) is 6.66. The molecular weight excluding hydrogens is 374 g/mol. The van der Waals surface area contributed by atoms with Crippen LogP contribution in [0.1, 0.15) is 17.5 Å². The lowest BCUT2D eigenvalue weighted by Crippen LogP contribution is -2.30. The molecule has 28 heavy (non-hydrogen) atoms. The van der Waals surface area contributed by atoms with E-state index in [0.29, 0.717) is 13.0 Å². The molecule has 1 heterocycles. The van der Waals surface area contributed by atoms with Gasteiger partial charge in [-0.15, -0.1) is 0 Å². The van der Waals surface area contributed by atoms with E-state index < -0.39 is 0 Å². The summed E-state index contributed by atoms with van der Waals surface area (Å²) >= 11 is 1.60. The van der Waals surface area contributed by atoms with E-state index in [-0.39, 0.29) is 24.9 Å². The maximum Gasteiger partial charge on any atom is 0.306 e. The van der Waals surface area contributed by atoms with Gasteiger partial charge in [0, 0.05) is 20.0 Å². The van der Waals surface area contributed by atoms with Crippen molar-refractivity contribution in [2.45, 2.75) is 19.4 Å². The molecule has 0 spiro atoms. The zero-order valence-electron chi connectivity index (χ0n) is 16.0. The standard InChI is InChI=1S/C22H23NO4S/c1-23(21(24)14-27-22(25)8-4-16-9-10-28-15-16)13-17-3-5-19-12-20(26-2)7-6-18(19)11-17/h3,5-7,9-12,15H,4,8,13-14H2,1-2H3. The third kappa shape index (κ3) is 5.33. The zero-order valence-corrected chi connectivity index (χ0v) is 16.8. The summed E-state index contributed by atoms with van der Waals surface area (Å²) in [5, 5.41) is 6.14. The summed E-state index contributed by atoms with van der Waals surface area (Å²) in [4.78, 5) is 25.7. The molecule has 0 aliphatic carbocycles. The van der Waals surface area contributed by atoms with Crippen molar-refractivity contribution in [3.8, 4) is 5.75 Å². The minimum Gasteiger partial charge on any atom is -0.497 e. The number of ether oxygens (including phenoxy) is 2. The molecule has 6 heteroatoms. The van der Waals surface area contributed by atoms with E-state index in [1.807, 2.05) is 53.2 Å². The molecule has 0 unspecified atom stereocenters. The Labute approximate surface area is 168 Å². The van der Waals surface area contributed by atoms with E-state index >= 15 is 0 Å². The monoisotopic (exact) mass is 397 g/mol. The molecule has 0 fully saturated rings. The highest BCUT2D eigenvalue weighted by Gasteiger charge is 2.13. The lowest BCUT2D eigenvalue weighted by molar-refractivity contribution is -0.151. The molecule has 2 aromatic carbocycles. The van der Waals surface area contributed by atoms with E-state index in [0.717, 1.165) is 27.6 Å². The third-order valence-corrected chi connectivity index (χ3v) is 5.24. The predicted molar refractivity (Wildman–Crippen MR) is 111 cm³/mol. The van der Waals surface area contributed by atoms with Crippen molar-refractivity contribution in [2.75, 3.05) is 20.8 Å². The van der Waals surface area contributed by atoms with Crippen LogP contribution in [0, 0.1) is 0 Å². The van der Waals surface area contributed by atoms with E-state index in [1.54, 1.807) is 30.4 Å². The molecule has 0 saturated carbocycles. The van der Waals surface area contributed by atoms with Crippen molar-refractivity contribution < 1.29 is 19.1 Å². The van der Waals surface area contributed by atoms with E-state index in [1.165, 1.54) is 0 Å². The van der Waals surface area contributed by atoms with E-state index in [4.69, 9.17) is 9.47 Å². The number of carbonyl (C=O) groups is 2. The summed E-state index contributed by atoms with van der Waals surface area (Å²) in [5.41, 5.74) is 2.12. The maximum absolute atomic E-state index is 12.3. The van der Waals surface area contributed by atoms with Crippen LogP contribution in [0.25, 0.3) is 10.8 Å². The summed E-state index contributed by atoms with van der Waals surface area (Å²) in [6.07, 6.45) is 0.913. The third-order valence-electron chi connectivity index (χ3n) is 4.51. The van der Waals surface area contributed by atoms with Crippen molar-refractivity contribution >= 4 is 34.0 Å². The molecule has 146 valence electrons. The van der Waals surface area contributed by atoms with Crippen LogP contribution >= 0.6 is 11.3 Å². The zero-order chi connectivity index (χ0) is 19.9. The number of fused-ring (bicyclic) bond motifs is 1. The van der Waals surface area contributed by atoms with Crippen LogP contribution in [-0.2, 0) is 27.3 Å².